The van der Waals surface area contributed by atoms with Crippen LogP contribution in [0.3, 0.4) is 0 Å². The number of hydrogen-bond acceptors (Lipinski definition) is 7. The van der Waals surface area contributed by atoms with Crippen molar-refractivity contribution in [3.8, 4) is 16.9 Å². The Morgan fingerprint density at radius 2 is 1.66 bits per heavy atom. The lowest BCUT2D eigenvalue weighted by atomic mass is 10.1. The first-order chi connectivity index (χ1) is 17.1. The van der Waals surface area contributed by atoms with E-state index < -0.39 is 0 Å². The van der Waals surface area contributed by atoms with Gasteiger partial charge < -0.3 is 10.6 Å². The van der Waals surface area contributed by atoms with Gasteiger partial charge in [-0.05, 0) is 31.2 Å². The molecule has 3 aromatic carbocycles. The van der Waals surface area contributed by atoms with Crippen LogP contribution < -0.4 is 10.6 Å². The highest BCUT2D eigenvalue weighted by Gasteiger charge is 2.15. The molecule has 0 radical (unpaired) electrons. The molecule has 2 N–H and O–H groups in total. The minimum absolute atomic E-state index is 0.143. The van der Waals surface area contributed by atoms with Crippen LogP contribution in [0.4, 0.5) is 16.6 Å². The van der Waals surface area contributed by atoms with Crippen LogP contribution in [-0.2, 0) is 4.79 Å². The first-order valence-electron chi connectivity index (χ1n) is 10.9. The summed E-state index contributed by atoms with van der Waals surface area (Å²) in [4.78, 5) is 12.8. The van der Waals surface area contributed by atoms with Crippen LogP contribution in [0.5, 0.6) is 0 Å². The summed E-state index contributed by atoms with van der Waals surface area (Å²) in [5, 5.41) is 20.0. The van der Waals surface area contributed by atoms with Gasteiger partial charge >= 0.3 is 0 Å². The van der Waals surface area contributed by atoms with Crippen molar-refractivity contribution in [1.82, 2.24) is 20.0 Å². The van der Waals surface area contributed by atoms with Crippen molar-refractivity contribution in [2.75, 3.05) is 16.4 Å². The van der Waals surface area contributed by atoms with Crippen LogP contribution in [0.1, 0.15) is 5.56 Å². The number of nitrogens with one attached hydrogen (secondary N) is 2. The van der Waals surface area contributed by atoms with Crippen LogP contribution in [0, 0.1) is 6.92 Å². The molecule has 5 rings (SSSR count). The van der Waals surface area contributed by atoms with Crippen molar-refractivity contribution >= 4 is 45.6 Å². The molecule has 9 heteroatoms. The molecule has 0 aliphatic rings. The summed E-state index contributed by atoms with van der Waals surface area (Å²) < 4.78 is 2.47. The van der Waals surface area contributed by atoms with Gasteiger partial charge in [-0.3, -0.25) is 4.79 Å². The Kier molecular flexibility index (Phi) is 6.87. The van der Waals surface area contributed by atoms with Crippen LogP contribution >= 0.6 is 23.1 Å². The molecule has 0 saturated carbocycles. The van der Waals surface area contributed by atoms with Crippen LogP contribution in [0.25, 0.3) is 16.9 Å². The third-order valence-corrected chi connectivity index (χ3v) is 7.06. The maximum atomic E-state index is 12.8. The number of para-hydroxylation sites is 2. The number of aryl methyl sites for hydroxylation is 1. The predicted molar refractivity (Wildman–Crippen MR) is 143 cm³/mol. The first kappa shape index (κ1) is 22.8. The lowest BCUT2D eigenvalue weighted by Crippen LogP contribution is -2.16. The van der Waals surface area contributed by atoms with Crippen molar-refractivity contribution < 1.29 is 4.79 Å². The van der Waals surface area contributed by atoms with E-state index in [1.54, 1.807) is 4.68 Å². The Morgan fingerprint density at radius 1 is 0.943 bits per heavy atom. The molecule has 1 amide bonds. The van der Waals surface area contributed by atoms with Gasteiger partial charge in [-0.1, -0.05) is 89.3 Å². The van der Waals surface area contributed by atoms with Gasteiger partial charge in [0.05, 0.1) is 17.1 Å². The number of thioether (sulfide) groups is 1. The van der Waals surface area contributed by atoms with Gasteiger partial charge in [0, 0.05) is 17.3 Å². The number of hydrogen-bond donors (Lipinski definition) is 2. The van der Waals surface area contributed by atoms with E-state index in [4.69, 9.17) is 5.10 Å². The van der Waals surface area contributed by atoms with E-state index in [9.17, 15) is 4.79 Å². The normalized spacial score (nSPS) is 10.8. The maximum absolute atomic E-state index is 12.8. The molecule has 0 aliphatic heterocycles. The topological polar surface area (TPSA) is 84.7 Å². The number of rotatable bonds is 8. The average Bonchev–Trinajstić information content (AvgIpc) is 3.51. The summed E-state index contributed by atoms with van der Waals surface area (Å²) in [7, 11) is 0. The molecule has 0 fully saturated rings. The third-order valence-electron chi connectivity index (χ3n) is 5.08. The van der Waals surface area contributed by atoms with E-state index in [0.717, 1.165) is 27.0 Å². The van der Waals surface area contributed by atoms with Crippen LogP contribution in [-0.4, -0.2) is 31.6 Å². The maximum Gasteiger partial charge on any atom is 0.235 e. The van der Waals surface area contributed by atoms with Gasteiger partial charge in [0.1, 0.15) is 5.82 Å². The van der Waals surface area contributed by atoms with Gasteiger partial charge in [-0.25, -0.2) is 4.68 Å². The van der Waals surface area contributed by atoms with Crippen molar-refractivity contribution in [3.63, 3.8) is 0 Å². The van der Waals surface area contributed by atoms with Gasteiger partial charge in [0.25, 0.3) is 0 Å². The Balaban J connectivity index is 1.28. The molecule has 7 nitrogen and oxygen atoms in total. The second kappa shape index (κ2) is 10.5. The standard InChI is InChI=1S/C26H22N6OS2/c1-18-12-14-19(15-13-18)22-16-23(32(31-22)21-10-6-3-7-11-21)28-24(33)17-34-26-30-29-25(35-26)27-20-8-4-2-5-9-20/h2-16H,17H2,1H3,(H,27,29)(H,28,33). The zero-order valence-electron chi connectivity index (χ0n) is 18.9. The van der Waals surface area contributed by atoms with Crippen molar-refractivity contribution in [2.45, 2.75) is 11.3 Å². The summed E-state index contributed by atoms with van der Waals surface area (Å²) >= 11 is 2.76. The highest BCUT2D eigenvalue weighted by Crippen LogP contribution is 2.29. The van der Waals surface area contributed by atoms with E-state index in [2.05, 4.69) is 33.0 Å². The summed E-state index contributed by atoms with van der Waals surface area (Å²) in [5.41, 5.74) is 4.77. The molecule has 0 saturated heterocycles. The second-order valence-electron chi connectivity index (χ2n) is 7.73. The molecule has 0 bridgehead atoms. The monoisotopic (exact) mass is 498 g/mol. The van der Waals surface area contributed by atoms with Gasteiger partial charge in [-0.15, -0.1) is 10.2 Å². The van der Waals surface area contributed by atoms with Crippen molar-refractivity contribution in [3.05, 3.63) is 96.6 Å². The highest BCUT2D eigenvalue weighted by atomic mass is 32.2. The Labute approximate surface area is 211 Å². The minimum atomic E-state index is -0.143. The first-order valence-corrected chi connectivity index (χ1v) is 12.7. The fourth-order valence-corrected chi connectivity index (χ4v) is 4.94. The molecule has 0 aliphatic carbocycles. The van der Waals surface area contributed by atoms with Gasteiger partial charge in [0.2, 0.25) is 11.0 Å². The Morgan fingerprint density at radius 3 is 2.40 bits per heavy atom. The molecular weight excluding hydrogens is 476 g/mol. The van der Waals surface area contributed by atoms with E-state index in [0.29, 0.717) is 10.9 Å². The second-order valence-corrected chi connectivity index (χ2v) is 9.93. The minimum Gasteiger partial charge on any atom is -0.330 e. The fourth-order valence-electron chi connectivity index (χ4n) is 3.37. The van der Waals surface area contributed by atoms with Crippen LogP contribution in [0.15, 0.2) is 95.3 Å². The van der Waals surface area contributed by atoms with E-state index in [-0.39, 0.29) is 11.7 Å². The smallest absolute Gasteiger partial charge is 0.235 e. The summed E-state index contributed by atoms with van der Waals surface area (Å²) in [6, 6.07) is 29.6. The van der Waals surface area contributed by atoms with Gasteiger partial charge in [-0.2, -0.15) is 5.10 Å². The molecular formula is C26H22N6OS2. The highest BCUT2D eigenvalue weighted by molar-refractivity contribution is 8.01. The number of anilines is 3. The zero-order chi connectivity index (χ0) is 24.0. The van der Waals surface area contributed by atoms with E-state index in [1.165, 1.54) is 28.7 Å². The molecule has 0 spiro atoms. The number of amides is 1. The summed E-state index contributed by atoms with van der Waals surface area (Å²) in [6.45, 7) is 2.05. The lowest BCUT2D eigenvalue weighted by molar-refractivity contribution is -0.113. The third kappa shape index (κ3) is 5.76. The van der Waals surface area contributed by atoms with E-state index >= 15 is 0 Å². The quantitative estimate of drug-likeness (QED) is 0.249. The number of carbonyl (C=O) groups is 1. The van der Waals surface area contributed by atoms with Gasteiger partial charge in [0.15, 0.2) is 4.34 Å². The van der Waals surface area contributed by atoms with Crippen molar-refractivity contribution in [2.24, 2.45) is 0 Å². The summed E-state index contributed by atoms with van der Waals surface area (Å²) in [6.07, 6.45) is 0. The fraction of sp³-hybridized carbons (Fsp3) is 0.0769. The number of aromatic nitrogens is 4. The number of carbonyl (C=O) groups excluding carboxylic acids is 1. The molecule has 0 atom stereocenters. The molecule has 5 aromatic rings. The number of benzene rings is 3. The Hall–Kier alpha value is -3.95. The van der Waals surface area contributed by atoms with Crippen molar-refractivity contribution in [1.29, 1.82) is 0 Å². The molecule has 174 valence electrons. The molecule has 0 unspecified atom stereocenters. The van der Waals surface area contributed by atoms with Crippen LogP contribution in [0.2, 0.25) is 0 Å². The molecule has 2 heterocycles. The Bertz CT molecular complexity index is 1420. The predicted octanol–water partition coefficient (Wildman–Crippen LogP) is 6.17. The molecule has 2 aromatic heterocycles. The average molecular weight is 499 g/mol. The zero-order valence-corrected chi connectivity index (χ0v) is 20.5. The summed E-state index contributed by atoms with van der Waals surface area (Å²) in [5.74, 6) is 0.677. The van der Waals surface area contributed by atoms with E-state index in [1.807, 2.05) is 85.8 Å². The number of nitrogens with zero attached hydrogens (tertiary/aromatic N) is 4. The molecule has 35 heavy (non-hydrogen) atoms. The SMILES string of the molecule is Cc1ccc(-c2cc(NC(=O)CSc3nnc(Nc4ccccc4)s3)n(-c3ccccc3)n2)cc1. The largest absolute Gasteiger partial charge is 0.330 e. The lowest BCUT2D eigenvalue weighted by Gasteiger charge is -2.08.